The molecule has 0 radical (unpaired) electrons. The lowest BCUT2D eigenvalue weighted by Gasteiger charge is -2.35. The van der Waals surface area contributed by atoms with E-state index in [1.54, 1.807) is 0 Å². The van der Waals surface area contributed by atoms with Gasteiger partial charge in [-0.15, -0.1) is 0 Å². The molecule has 0 aromatic heterocycles. The number of allylic oxidation sites excluding steroid dienone is 2. The molecule has 0 fully saturated rings. The Morgan fingerprint density at radius 3 is 2.68 bits per heavy atom. The van der Waals surface area contributed by atoms with Crippen molar-refractivity contribution in [2.75, 3.05) is 0 Å². The zero-order valence-corrected chi connectivity index (χ0v) is 15.3. The third-order valence-electron chi connectivity index (χ3n) is 4.65. The second-order valence-corrected chi connectivity index (χ2v) is 7.32. The van der Waals surface area contributed by atoms with Gasteiger partial charge in [-0.25, -0.2) is 0 Å². The van der Waals surface area contributed by atoms with Gasteiger partial charge in [0.25, 0.3) is 0 Å². The minimum absolute atomic E-state index is 0.0744. The Bertz CT molecular complexity index is 726. The molecule has 114 valence electrons. The molecule has 0 heterocycles. The Morgan fingerprint density at radius 2 is 1.95 bits per heavy atom. The van der Waals surface area contributed by atoms with E-state index in [1.807, 2.05) is 0 Å². The Balaban J connectivity index is 1.90. The van der Waals surface area contributed by atoms with Crippen molar-refractivity contribution in [3.8, 4) is 0 Å². The Kier molecular flexibility index (Phi) is 4.69. The van der Waals surface area contributed by atoms with E-state index in [9.17, 15) is 0 Å². The molecule has 2 aromatic carbocycles. The van der Waals surface area contributed by atoms with Crippen molar-refractivity contribution in [1.82, 2.24) is 5.32 Å². The molecule has 0 bridgehead atoms. The maximum absolute atomic E-state index is 3.88. The van der Waals surface area contributed by atoms with E-state index < -0.39 is 0 Å². The smallest absolute Gasteiger partial charge is 0.0405 e. The molecule has 2 atom stereocenters. The zero-order valence-electron chi connectivity index (χ0n) is 13.1. The van der Waals surface area contributed by atoms with Gasteiger partial charge in [-0.3, -0.25) is 0 Å². The van der Waals surface area contributed by atoms with Crippen molar-refractivity contribution in [2.45, 2.75) is 38.3 Å². The van der Waals surface area contributed by atoms with Crippen LogP contribution in [0.4, 0.5) is 0 Å². The van der Waals surface area contributed by atoms with Gasteiger partial charge in [0.2, 0.25) is 0 Å². The summed E-state index contributed by atoms with van der Waals surface area (Å²) in [4.78, 5) is 0. The molecular formula is C20H22IN. The molecule has 1 N–H and O–H groups in total. The van der Waals surface area contributed by atoms with Crippen LogP contribution in [0.5, 0.6) is 0 Å². The standard InChI is InChI=1S/C20H22IN/c1-3-20(13-11-17(21)12-14-20)22-15(2)18-10-6-8-16-7-4-5-9-19(16)18/h4-13,15,22H,3,14H2,1-2H3/t15-,20+/m1/s1. The van der Waals surface area contributed by atoms with Gasteiger partial charge in [0.05, 0.1) is 0 Å². The third-order valence-corrected chi connectivity index (χ3v) is 5.45. The number of hydrogen-bond donors (Lipinski definition) is 1. The summed E-state index contributed by atoms with van der Waals surface area (Å²) in [6, 6.07) is 15.6. The number of rotatable bonds is 4. The van der Waals surface area contributed by atoms with Crippen LogP contribution in [0, 0.1) is 0 Å². The van der Waals surface area contributed by atoms with Crippen LogP contribution < -0.4 is 5.32 Å². The molecular weight excluding hydrogens is 381 g/mol. The van der Waals surface area contributed by atoms with Crippen molar-refractivity contribution in [1.29, 1.82) is 0 Å². The number of hydrogen-bond acceptors (Lipinski definition) is 1. The maximum atomic E-state index is 3.88. The molecule has 2 aromatic rings. The highest BCUT2D eigenvalue weighted by atomic mass is 127. The first-order valence-corrected chi connectivity index (χ1v) is 9.02. The second-order valence-electron chi connectivity index (χ2n) is 6.07. The van der Waals surface area contributed by atoms with E-state index in [2.05, 4.69) is 102 Å². The van der Waals surface area contributed by atoms with Crippen molar-refractivity contribution in [3.05, 3.63) is 69.8 Å². The topological polar surface area (TPSA) is 12.0 Å². The lowest BCUT2D eigenvalue weighted by atomic mass is 9.86. The fourth-order valence-corrected chi connectivity index (χ4v) is 3.66. The largest absolute Gasteiger partial charge is 0.301 e. The molecule has 3 rings (SSSR count). The van der Waals surface area contributed by atoms with Gasteiger partial charge in [0, 0.05) is 15.2 Å². The summed E-state index contributed by atoms with van der Waals surface area (Å²) in [6.45, 7) is 4.54. The molecule has 1 nitrogen and oxygen atoms in total. The predicted octanol–water partition coefficient (Wildman–Crippen LogP) is 5.92. The van der Waals surface area contributed by atoms with E-state index in [4.69, 9.17) is 0 Å². The first kappa shape index (κ1) is 15.8. The Labute approximate surface area is 146 Å². The van der Waals surface area contributed by atoms with Crippen molar-refractivity contribution < 1.29 is 0 Å². The van der Waals surface area contributed by atoms with Crippen LogP contribution in [-0.4, -0.2) is 5.54 Å². The van der Waals surface area contributed by atoms with E-state index in [-0.39, 0.29) is 5.54 Å². The summed E-state index contributed by atoms with van der Waals surface area (Å²) < 4.78 is 1.33. The van der Waals surface area contributed by atoms with E-state index >= 15 is 0 Å². The average Bonchev–Trinajstić information content (AvgIpc) is 2.56. The van der Waals surface area contributed by atoms with Gasteiger partial charge in [-0.1, -0.05) is 67.6 Å². The molecule has 2 heteroatoms. The number of benzene rings is 2. The Hall–Kier alpha value is -1.13. The summed E-state index contributed by atoms with van der Waals surface area (Å²) in [6.07, 6.45) is 9.06. The van der Waals surface area contributed by atoms with Gasteiger partial charge in [0.15, 0.2) is 0 Å². The van der Waals surface area contributed by atoms with Crippen LogP contribution in [0.1, 0.15) is 38.3 Å². The molecule has 0 unspecified atom stereocenters. The fraction of sp³-hybridized carbons (Fsp3) is 0.300. The van der Waals surface area contributed by atoms with Crippen molar-refractivity contribution in [3.63, 3.8) is 0 Å². The van der Waals surface area contributed by atoms with Crippen molar-refractivity contribution >= 4 is 33.4 Å². The lowest BCUT2D eigenvalue weighted by Crippen LogP contribution is -2.44. The quantitative estimate of drug-likeness (QED) is 0.625. The average molecular weight is 403 g/mol. The molecule has 22 heavy (non-hydrogen) atoms. The van der Waals surface area contributed by atoms with Gasteiger partial charge < -0.3 is 5.32 Å². The molecule has 0 aliphatic heterocycles. The van der Waals surface area contributed by atoms with Crippen LogP contribution in [0.25, 0.3) is 10.8 Å². The van der Waals surface area contributed by atoms with Crippen LogP contribution in [0.15, 0.2) is 64.3 Å². The van der Waals surface area contributed by atoms with Crippen molar-refractivity contribution in [2.24, 2.45) is 0 Å². The summed E-state index contributed by atoms with van der Waals surface area (Å²) in [7, 11) is 0. The highest BCUT2D eigenvalue weighted by Crippen LogP contribution is 2.31. The van der Waals surface area contributed by atoms with Crippen LogP contribution in [-0.2, 0) is 0 Å². The predicted molar refractivity (Wildman–Crippen MR) is 104 cm³/mol. The SMILES string of the molecule is CC[C@]1(N[C@H](C)c2cccc3ccccc23)C=CC(I)=CC1. The van der Waals surface area contributed by atoms with E-state index in [1.165, 1.54) is 19.9 Å². The van der Waals surface area contributed by atoms with E-state index in [0.717, 1.165) is 12.8 Å². The molecule has 0 saturated carbocycles. The summed E-state index contributed by atoms with van der Waals surface area (Å²) >= 11 is 2.39. The highest BCUT2D eigenvalue weighted by molar-refractivity contribution is 14.1. The van der Waals surface area contributed by atoms with Crippen LogP contribution in [0.2, 0.25) is 0 Å². The highest BCUT2D eigenvalue weighted by Gasteiger charge is 2.28. The maximum Gasteiger partial charge on any atom is 0.0405 e. The summed E-state index contributed by atoms with van der Waals surface area (Å²) in [5, 5.41) is 6.54. The molecule has 1 aliphatic carbocycles. The first-order valence-electron chi connectivity index (χ1n) is 7.94. The van der Waals surface area contributed by atoms with Gasteiger partial charge in [-0.05, 0) is 58.7 Å². The molecule has 0 spiro atoms. The van der Waals surface area contributed by atoms with Gasteiger partial charge in [-0.2, -0.15) is 0 Å². The number of fused-ring (bicyclic) bond motifs is 1. The first-order chi connectivity index (χ1) is 10.6. The second kappa shape index (κ2) is 6.55. The summed E-state index contributed by atoms with van der Waals surface area (Å²) in [5.74, 6) is 0. The van der Waals surface area contributed by atoms with Crippen LogP contribution in [0.3, 0.4) is 0 Å². The van der Waals surface area contributed by atoms with Crippen LogP contribution >= 0.6 is 22.6 Å². The zero-order chi connectivity index (χ0) is 15.6. The van der Waals surface area contributed by atoms with Gasteiger partial charge >= 0.3 is 0 Å². The lowest BCUT2D eigenvalue weighted by molar-refractivity contribution is 0.350. The minimum atomic E-state index is 0.0744. The molecule has 0 saturated heterocycles. The number of nitrogens with one attached hydrogen (secondary N) is 1. The fourth-order valence-electron chi connectivity index (χ4n) is 3.26. The molecule has 1 aliphatic rings. The number of halogens is 1. The van der Waals surface area contributed by atoms with Gasteiger partial charge in [0.1, 0.15) is 0 Å². The van der Waals surface area contributed by atoms with E-state index in [0.29, 0.717) is 6.04 Å². The normalized spacial score (nSPS) is 22.6. The Morgan fingerprint density at radius 1 is 1.18 bits per heavy atom. The summed E-state index contributed by atoms with van der Waals surface area (Å²) in [5.41, 5.74) is 1.45. The monoisotopic (exact) mass is 403 g/mol. The third kappa shape index (κ3) is 3.13. The minimum Gasteiger partial charge on any atom is -0.301 e. The molecule has 0 amide bonds.